The number of sulfone groups is 1. The van der Waals surface area contributed by atoms with Crippen LogP contribution >= 0.6 is 15.9 Å². The Hall–Kier alpha value is -2.85. The molecule has 158 valence electrons. The molecule has 2 N–H and O–H groups in total. The molecule has 4 aromatic rings. The molecule has 0 unspecified atom stereocenters. The van der Waals surface area contributed by atoms with Crippen molar-refractivity contribution in [3.63, 3.8) is 0 Å². The highest BCUT2D eigenvalue weighted by Gasteiger charge is 2.29. The zero-order valence-electron chi connectivity index (χ0n) is 16.4. The van der Waals surface area contributed by atoms with Gasteiger partial charge < -0.3 is 5.73 Å². The van der Waals surface area contributed by atoms with E-state index in [4.69, 9.17) is 10.7 Å². The van der Waals surface area contributed by atoms with Crippen LogP contribution in [0.3, 0.4) is 0 Å². The van der Waals surface area contributed by atoms with E-state index in [0.717, 1.165) is 28.1 Å². The van der Waals surface area contributed by atoms with Crippen LogP contribution in [0.5, 0.6) is 0 Å². The molecule has 5 rings (SSSR count). The Balaban J connectivity index is 1.55. The smallest absolute Gasteiger partial charge is 0.165 e. The third-order valence-corrected chi connectivity index (χ3v) is 8.15. The molecule has 1 saturated heterocycles. The first-order chi connectivity index (χ1) is 14.9. The summed E-state index contributed by atoms with van der Waals surface area (Å²) >= 11 is 3.55. The second-order valence-electron chi connectivity index (χ2n) is 7.59. The van der Waals surface area contributed by atoms with Gasteiger partial charge in [-0.3, -0.25) is 9.97 Å². The van der Waals surface area contributed by atoms with Crippen LogP contribution in [0.1, 0.15) is 24.5 Å². The van der Waals surface area contributed by atoms with Gasteiger partial charge >= 0.3 is 0 Å². The highest BCUT2D eigenvalue weighted by Crippen LogP contribution is 2.37. The maximum Gasteiger partial charge on any atom is 0.165 e. The topological polar surface area (TPSA) is 116 Å². The van der Waals surface area contributed by atoms with Crippen molar-refractivity contribution < 1.29 is 8.42 Å². The maximum atomic E-state index is 11.8. The number of nitrogens with two attached hydrogens (primary N) is 1. The van der Waals surface area contributed by atoms with E-state index in [1.54, 1.807) is 29.3 Å². The Morgan fingerprint density at radius 2 is 1.87 bits per heavy atom. The van der Waals surface area contributed by atoms with Gasteiger partial charge in [-0.2, -0.15) is 9.61 Å². The van der Waals surface area contributed by atoms with Gasteiger partial charge in [-0.1, -0.05) is 6.07 Å². The Labute approximate surface area is 187 Å². The summed E-state index contributed by atoms with van der Waals surface area (Å²) in [6, 6.07) is 7.74. The lowest BCUT2D eigenvalue weighted by Gasteiger charge is -2.23. The molecule has 8 nitrogen and oxygen atoms in total. The zero-order chi connectivity index (χ0) is 21.6. The molecule has 1 aliphatic heterocycles. The standard InChI is InChI=1S/C21H19BrN6O2S/c22-18-19(13-5-8-31(29,30)9-6-13)27-21-16(12-26-28(21)20(18)23)14-3-4-17(25-11-14)15-2-1-7-24-10-15/h1-4,7,10-13H,5-6,8-9,23H2. The van der Waals surface area contributed by atoms with Crippen LogP contribution in [0.25, 0.3) is 28.0 Å². The average Bonchev–Trinajstić information content (AvgIpc) is 3.21. The molecular formula is C21H19BrN6O2S. The first kappa shape index (κ1) is 20.1. The van der Waals surface area contributed by atoms with Crippen molar-refractivity contribution in [1.29, 1.82) is 0 Å². The van der Waals surface area contributed by atoms with Gasteiger partial charge in [0, 0.05) is 41.2 Å². The van der Waals surface area contributed by atoms with E-state index in [2.05, 4.69) is 31.0 Å². The molecule has 10 heteroatoms. The van der Waals surface area contributed by atoms with Gasteiger partial charge in [0.05, 0.1) is 33.6 Å². The SMILES string of the molecule is Nc1c(Br)c(C2CCS(=O)(=O)CC2)nc2c(-c3ccc(-c4cccnc4)nc3)cnn12. The number of pyridine rings is 2. The largest absolute Gasteiger partial charge is 0.383 e. The van der Waals surface area contributed by atoms with Gasteiger partial charge in [0.1, 0.15) is 15.7 Å². The van der Waals surface area contributed by atoms with Crippen LogP contribution in [0.4, 0.5) is 5.82 Å². The molecule has 4 aromatic heterocycles. The van der Waals surface area contributed by atoms with Crippen molar-refractivity contribution in [3.8, 4) is 22.4 Å². The molecule has 0 radical (unpaired) electrons. The van der Waals surface area contributed by atoms with Crippen LogP contribution in [0.15, 0.2) is 53.5 Å². The molecule has 0 spiro atoms. The summed E-state index contributed by atoms with van der Waals surface area (Å²) in [5, 5.41) is 4.41. The van der Waals surface area contributed by atoms with Crippen molar-refractivity contribution in [2.75, 3.05) is 17.2 Å². The van der Waals surface area contributed by atoms with E-state index >= 15 is 0 Å². The number of aromatic nitrogens is 5. The van der Waals surface area contributed by atoms with Crippen molar-refractivity contribution in [2.24, 2.45) is 0 Å². The summed E-state index contributed by atoms with van der Waals surface area (Å²) in [5.74, 6) is 0.810. The molecule has 1 aliphatic rings. The summed E-state index contributed by atoms with van der Waals surface area (Å²) in [6.07, 6.45) is 8.08. The number of fused-ring (bicyclic) bond motifs is 1. The number of nitrogens with zero attached hydrogens (tertiary/aromatic N) is 5. The third-order valence-electron chi connectivity index (χ3n) is 5.62. The van der Waals surface area contributed by atoms with Gasteiger partial charge in [-0.25, -0.2) is 13.4 Å². The Morgan fingerprint density at radius 3 is 2.55 bits per heavy atom. The normalized spacial score (nSPS) is 16.5. The van der Waals surface area contributed by atoms with E-state index in [1.807, 2.05) is 24.3 Å². The number of rotatable bonds is 3. The third kappa shape index (κ3) is 3.70. The first-order valence-electron chi connectivity index (χ1n) is 9.83. The van der Waals surface area contributed by atoms with E-state index in [9.17, 15) is 8.42 Å². The second-order valence-corrected chi connectivity index (χ2v) is 10.7. The molecule has 0 amide bonds. The van der Waals surface area contributed by atoms with Crippen molar-refractivity contribution in [1.82, 2.24) is 24.6 Å². The molecule has 0 aliphatic carbocycles. The minimum atomic E-state index is -2.96. The fraction of sp³-hybridized carbons (Fsp3) is 0.238. The molecule has 1 fully saturated rings. The summed E-state index contributed by atoms with van der Waals surface area (Å²) < 4.78 is 25.9. The van der Waals surface area contributed by atoms with Gasteiger partial charge in [0.15, 0.2) is 5.65 Å². The Bertz CT molecular complexity index is 1360. The molecule has 0 aromatic carbocycles. The van der Waals surface area contributed by atoms with Crippen molar-refractivity contribution in [3.05, 3.63) is 59.2 Å². The van der Waals surface area contributed by atoms with Crippen LogP contribution in [-0.2, 0) is 9.84 Å². The molecule has 31 heavy (non-hydrogen) atoms. The maximum absolute atomic E-state index is 11.8. The number of hydrogen-bond donors (Lipinski definition) is 1. The number of nitrogen functional groups attached to an aromatic ring is 1. The molecular weight excluding hydrogens is 480 g/mol. The molecule has 5 heterocycles. The predicted molar refractivity (Wildman–Crippen MR) is 122 cm³/mol. The van der Waals surface area contributed by atoms with Gasteiger partial charge in [0.25, 0.3) is 0 Å². The lowest BCUT2D eigenvalue weighted by atomic mass is 9.98. The highest BCUT2D eigenvalue weighted by atomic mass is 79.9. The van der Waals surface area contributed by atoms with E-state index < -0.39 is 9.84 Å². The summed E-state index contributed by atoms with van der Waals surface area (Å²) in [4.78, 5) is 13.6. The lowest BCUT2D eigenvalue weighted by Crippen LogP contribution is -2.23. The molecule has 0 saturated carbocycles. The van der Waals surface area contributed by atoms with Gasteiger partial charge in [0.2, 0.25) is 0 Å². The minimum absolute atomic E-state index is 0.0269. The predicted octanol–water partition coefficient (Wildman–Crippen LogP) is 3.49. The Morgan fingerprint density at radius 1 is 1.06 bits per heavy atom. The van der Waals surface area contributed by atoms with Crippen LogP contribution < -0.4 is 5.73 Å². The summed E-state index contributed by atoms with van der Waals surface area (Å²) in [6.45, 7) is 0. The fourth-order valence-electron chi connectivity index (χ4n) is 3.89. The summed E-state index contributed by atoms with van der Waals surface area (Å²) in [7, 11) is -2.96. The number of halogens is 1. The van der Waals surface area contributed by atoms with E-state index in [-0.39, 0.29) is 17.4 Å². The van der Waals surface area contributed by atoms with Gasteiger partial charge in [-0.05, 0) is 47.0 Å². The first-order valence-corrected chi connectivity index (χ1v) is 12.4. The fourth-order valence-corrected chi connectivity index (χ4v) is 5.96. The minimum Gasteiger partial charge on any atom is -0.383 e. The number of anilines is 1. The number of hydrogen-bond acceptors (Lipinski definition) is 7. The summed E-state index contributed by atoms with van der Waals surface area (Å²) in [5.41, 5.74) is 11.2. The Kier molecular flexibility index (Phi) is 4.98. The quantitative estimate of drug-likeness (QED) is 0.459. The van der Waals surface area contributed by atoms with Gasteiger partial charge in [-0.15, -0.1) is 0 Å². The molecule has 0 atom stereocenters. The average molecular weight is 499 g/mol. The monoisotopic (exact) mass is 498 g/mol. The van der Waals surface area contributed by atoms with Crippen LogP contribution in [-0.4, -0.2) is 44.5 Å². The van der Waals surface area contributed by atoms with E-state index in [0.29, 0.717) is 28.8 Å². The van der Waals surface area contributed by atoms with Crippen molar-refractivity contribution >= 4 is 37.2 Å². The van der Waals surface area contributed by atoms with Crippen LogP contribution in [0.2, 0.25) is 0 Å². The highest BCUT2D eigenvalue weighted by molar-refractivity contribution is 9.10. The lowest BCUT2D eigenvalue weighted by molar-refractivity contribution is 0.543. The van der Waals surface area contributed by atoms with E-state index in [1.165, 1.54) is 0 Å². The van der Waals surface area contributed by atoms with Crippen molar-refractivity contribution in [2.45, 2.75) is 18.8 Å². The van der Waals surface area contributed by atoms with Crippen LogP contribution in [0, 0.1) is 0 Å². The zero-order valence-corrected chi connectivity index (χ0v) is 18.8. The molecule has 0 bridgehead atoms. The second kappa shape index (κ2) is 7.69.